The van der Waals surface area contributed by atoms with Gasteiger partial charge in [-0.25, -0.2) is 0 Å². The van der Waals surface area contributed by atoms with Gasteiger partial charge in [-0.1, -0.05) is 0 Å². The van der Waals surface area contributed by atoms with Crippen LogP contribution in [0.4, 0.5) is 0 Å². The van der Waals surface area contributed by atoms with E-state index >= 15 is 0 Å². The molecule has 0 aromatic carbocycles. The van der Waals surface area contributed by atoms with Crippen LogP contribution in [0.15, 0.2) is 12.4 Å². The van der Waals surface area contributed by atoms with Crippen molar-refractivity contribution in [3.63, 3.8) is 0 Å². The summed E-state index contributed by atoms with van der Waals surface area (Å²) in [6, 6.07) is 0. The first kappa shape index (κ1) is 10.2. The lowest BCUT2D eigenvalue weighted by Crippen LogP contribution is -2.26. The first-order valence-electron chi connectivity index (χ1n) is 4.27. The van der Waals surface area contributed by atoms with Crippen molar-refractivity contribution in [2.24, 2.45) is 5.73 Å². The van der Waals surface area contributed by atoms with Gasteiger partial charge in [-0.2, -0.15) is 5.10 Å². The number of hydrogen-bond acceptors (Lipinski definition) is 4. The molecule has 5 nitrogen and oxygen atoms in total. The Labute approximate surface area is 76.8 Å². The van der Waals surface area contributed by atoms with Gasteiger partial charge in [-0.05, 0) is 6.92 Å². The normalized spacial score (nSPS) is 15.7. The minimum absolute atomic E-state index is 0.0402. The van der Waals surface area contributed by atoms with Gasteiger partial charge >= 0.3 is 0 Å². The van der Waals surface area contributed by atoms with Crippen LogP contribution in [0, 0.1) is 0 Å². The van der Waals surface area contributed by atoms with Crippen molar-refractivity contribution in [1.29, 1.82) is 0 Å². The van der Waals surface area contributed by atoms with E-state index in [1.807, 2.05) is 6.92 Å². The molecule has 2 unspecified atom stereocenters. The summed E-state index contributed by atoms with van der Waals surface area (Å²) in [6.07, 6.45) is 1.37. The fourth-order valence-corrected chi connectivity index (χ4v) is 1.06. The molecule has 1 aromatic rings. The van der Waals surface area contributed by atoms with E-state index in [0.29, 0.717) is 5.56 Å². The van der Waals surface area contributed by atoms with Gasteiger partial charge in [0.15, 0.2) is 0 Å². The van der Waals surface area contributed by atoms with Gasteiger partial charge in [0.1, 0.15) is 6.10 Å². The third-order valence-corrected chi connectivity index (χ3v) is 1.92. The molecule has 0 fully saturated rings. The molecule has 5 heteroatoms. The minimum atomic E-state index is -0.940. The van der Waals surface area contributed by atoms with E-state index in [9.17, 15) is 10.2 Å². The van der Waals surface area contributed by atoms with Gasteiger partial charge in [-0.15, -0.1) is 0 Å². The van der Waals surface area contributed by atoms with Crippen LogP contribution in [-0.4, -0.2) is 32.6 Å². The van der Waals surface area contributed by atoms with Crippen molar-refractivity contribution in [2.75, 3.05) is 6.54 Å². The Kier molecular flexibility index (Phi) is 3.41. The Bertz CT molecular complexity index is 262. The average molecular weight is 185 g/mol. The lowest BCUT2D eigenvalue weighted by Gasteiger charge is -2.13. The lowest BCUT2D eigenvalue weighted by molar-refractivity contribution is 0.0243. The average Bonchev–Trinajstić information content (AvgIpc) is 2.63. The van der Waals surface area contributed by atoms with Crippen molar-refractivity contribution in [2.45, 2.75) is 25.7 Å². The van der Waals surface area contributed by atoms with E-state index in [4.69, 9.17) is 5.73 Å². The largest absolute Gasteiger partial charge is 0.389 e. The summed E-state index contributed by atoms with van der Waals surface area (Å²) in [4.78, 5) is 0. The third kappa shape index (κ3) is 2.27. The molecule has 2 atom stereocenters. The maximum Gasteiger partial charge on any atom is 0.109 e. The fourth-order valence-electron chi connectivity index (χ4n) is 1.06. The predicted molar refractivity (Wildman–Crippen MR) is 47.9 cm³/mol. The van der Waals surface area contributed by atoms with Gasteiger partial charge in [0.05, 0.1) is 12.3 Å². The minimum Gasteiger partial charge on any atom is -0.389 e. The van der Waals surface area contributed by atoms with Crippen LogP contribution in [-0.2, 0) is 6.54 Å². The van der Waals surface area contributed by atoms with E-state index < -0.39 is 12.2 Å². The van der Waals surface area contributed by atoms with Gasteiger partial charge in [0.2, 0.25) is 0 Å². The Morgan fingerprint density at radius 3 is 2.77 bits per heavy atom. The van der Waals surface area contributed by atoms with E-state index in [-0.39, 0.29) is 6.54 Å². The van der Waals surface area contributed by atoms with Gasteiger partial charge < -0.3 is 15.9 Å². The van der Waals surface area contributed by atoms with Crippen molar-refractivity contribution in [1.82, 2.24) is 9.78 Å². The fraction of sp³-hybridized carbons (Fsp3) is 0.625. The second-order valence-electron chi connectivity index (χ2n) is 2.88. The standard InChI is InChI=1S/C8H15N3O2/c1-2-11-5-6(4-10-11)8(13)7(12)3-9/h4-5,7-8,12-13H,2-3,9H2,1H3. The van der Waals surface area contributed by atoms with Crippen molar-refractivity contribution < 1.29 is 10.2 Å². The summed E-state index contributed by atoms with van der Waals surface area (Å²) in [6.45, 7) is 2.73. The molecule has 1 aromatic heterocycles. The second kappa shape index (κ2) is 4.36. The molecule has 1 heterocycles. The first-order chi connectivity index (χ1) is 6.19. The highest BCUT2D eigenvalue weighted by Gasteiger charge is 2.17. The number of nitrogens with two attached hydrogens (primary N) is 1. The number of nitrogens with zero attached hydrogens (tertiary/aromatic N) is 2. The molecule has 0 aliphatic rings. The first-order valence-corrected chi connectivity index (χ1v) is 4.27. The van der Waals surface area contributed by atoms with Gasteiger partial charge in [0, 0.05) is 24.8 Å². The summed E-state index contributed by atoms with van der Waals surface area (Å²) in [7, 11) is 0. The van der Waals surface area contributed by atoms with Crippen LogP contribution in [0.3, 0.4) is 0 Å². The molecule has 13 heavy (non-hydrogen) atoms. The van der Waals surface area contributed by atoms with Gasteiger partial charge in [0.25, 0.3) is 0 Å². The van der Waals surface area contributed by atoms with Crippen LogP contribution in [0.5, 0.6) is 0 Å². The maximum absolute atomic E-state index is 9.51. The highest BCUT2D eigenvalue weighted by Crippen LogP contribution is 2.14. The number of aliphatic hydroxyl groups excluding tert-OH is 2. The van der Waals surface area contributed by atoms with Crippen LogP contribution in [0.2, 0.25) is 0 Å². The highest BCUT2D eigenvalue weighted by atomic mass is 16.3. The molecule has 0 radical (unpaired) electrons. The Morgan fingerprint density at radius 1 is 1.62 bits per heavy atom. The SMILES string of the molecule is CCn1cc(C(O)C(O)CN)cn1. The zero-order valence-corrected chi connectivity index (χ0v) is 7.59. The van der Waals surface area contributed by atoms with Crippen LogP contribution >= 0.6 is 0 Å². The molecule has 0 amide bonds. The zero-order valence-electron chi connectivity index (χ0n) is 7.59. The highest BCUT2D eigenvalue weighted by molar-refractivity contribution is 5.09. The van der Waals surface area contributed by atoms with Crippen LogP contribution in [0.1, 0.15) is 18.6 Å². The molecule has 4 N–H and O–H groups in total. The number of aromatic nitrogens is 2. The molecule has 1 rings (SSSR count). The molecule has 0 saturated carbocycles. The molecule has 0 saturated heterocycles. The Balaban J connectivity index is 2.70. The molecular weight excluding hydrogens is 170 g/mol. The van der Waals surface area contributed by atoms with Crippen LogP contribution < -0.4 is 5.73 Å². The number of aryl methyl sites for hydroxylation is 1. The Hall–Kier alpha value is -0.910. The van der Waals surface area contributed by atoms with Crippen LogP contribution in [0.25, 0.3) is 0 Å². The summed E-state index contributed by atoms with van der Waals surface area (Å²) in [5.74, 6) is 0. The van der Waals surface area contributed by atoms with Crippen molar-refractivity contribution in [3.8, 4) is 0 Å². The quantitative estimate of drug-likeness (QED) is 0.576. The molecule has 0 aliphatic heterocycles. The maximum atomic E-state index is 9.51. The van der Waals surface area contributed by atoms with Crippen molar-refractivity contribution in [3.05, 3.63) is 18.0 Å². The van der Waals surface area contributed by atoms with E-state index in [2.05, 4.69) is 5.10 Å². The number of hydrogen-bond donors (Lipinski definition) is 3. The smallest absolute Gasteiger partial charge is 0.109 e. The Morgan fingerprint density at radius 2 is 2.31 bits per heavy atom. The number of aliphatic hydroxyl groups is 2. The molecule has 74 valence electrons. The van der Waals surface area contributed by atoms with Gasteiger partial charge in [-0.3, -0.25) is 4.68 Å². The molecule has 0 aliphatic carbocycles. The van der Waals surface area contributed by atoms with E-state index in [0.717, 1.165) is 6.54 Å². The predicted octanol–water partition coefficient (Wildman–Crippen LogP) is -0.744. The summed E-state index contributed by atoms with van der Waals surface area (Å²) in [5.41, 5.74) is 5.81. The van der Waals surface area contributed by atoms with E-state index in [1.54, 1.807) is 10.9 Å². The molecule has 0 bridgehead atoms. The summed E-state index contributed by atoms with van der Waals surface area (Å²) >= 11 is 0. The molecular formula is C8H15N3O2. The molecule has 0 spiro atoms. The summed E-state index contributed by atoms with van der Waals surface area (Å²) < 4.78 is 1.68. The monoisotopic (exact) mass is 185 g/mol. The number of rotatable bonds is 4. The third-order valence-electron chi connectivity index (χ3n) is 1.92. The van der Waals surface area contributed by atoms with Crippen molar-refractivity contribution >= 4 is 0 Å². The lowest BCUT2D eigenvalue weighted by atomic mass is 10.1. The zero-order chi connectivity index (χ0) is 9.84. The second-order valence-corrected chi connectivity index (χ2v) is 2.88. The van der Waals surface area contributed by atoms with E-state index in [1.165, 1.54) is 6.20 Å². The topological polar surface area (TPSA) is 84.3 Å². The summed E-state index contributed by atoms with van der Waals surface area (Å²) in [5, 5.41) is 22.7.